The fraction of sp³-hybridized carbons (Fsp3) is 0.500. The maximum absolute atomic E-state index is 12.0. The van der Waals surface area contributed by atoms with Gasteiger partial charge in [0.1, 0.15) is 5.75 Å². The lowest BCUT2D eigenvalue weighted by Crippen LogP contribution is -2.22. The second-order valence-electron chi connectivity index (χ2n) is 5.44. The van der Waals surface area contributed by atoms with E-state index in [0.717, 1.165) is 31.7 Å². The van der Waals surface area contributed by atoms with Gasteiger partial charge < -0.3 is 0 Å². The molecule has 0 unspecified atom stereocenters. The second kappa shape index (κ2) is 6.34. The van der Waals surface area contributed by atoms with E-state index in [-0.39, 0.29) is 22.9 Å². The van der Waals surface area contributed by atoms with E-state index in [4.69, 9.17) is 0 Å². The first-order chi connectivity index (χ1) is 9.87. The lowest BCUT2D eigenvalue weighted by atomic mass is 10.1. The number of nitrogens with zero attached hydrogens (tertiary/aromatic N) is 1. The lowest BCUT2D eigenvalue weighted by Gasteiger charge is -2.09. The van der Waals surface area contributed by atoms with Gasteiger partial charge in [0, 0.05) is 17.7 Å². The molecule has 6 nitrogen and oxygen atoms in total. The Morgan fingerprint density at radius 2 is 1.95 bits per heavy atom. The molecule has 21 heavy (non-hydrogen) atoms. The summed E-state index contributed by atoms with van der Waals surface area (Å²) in [7, 11) is -3.46. The van der Waals surface area contributed by atoms with E-state index in [1.54, 1.807) is 0 Å². The minimum atomic E-state index is -3.46. The van der Waals surface area contributed by atoms with Gasteiger partial charge in [0.05, 0.1) is 10.7 Å². The Morgan fingerprint density at radius 3 is 2.57 bits per heavy atom. The zero-order chi connectivity index (χ0) is 15.5. The molecule has 1 aliphatic rings. The van der Waals surface area contributed by atoms with E-state index < -0.39 is 26.3 Å². The van der Waals surface area contributed by atoms with E-state index in [2.05, 4.69) is 0 Å². The highest BCUT2D eigenvalue weighted by Crippen LogP contribution is 2.26. The van der Waals surface area contributed by atoms with Gasteiger partial charge in [0.2, 0.25) is 0 Å². The van der Waals surface area contributed by atoms with Crippen LogP contribution in [0.3, 0.4) is 0 Å². The Labute approximate surface area is 123 Å². The van der Waals surface area contributed by atoms with E-state index in [0.29, 0.717) is 0 Å². The molecular formula is C14H17NO5S. The molecule has 1 aromatic rings. The van der Waals surface area contributed by atoms with Crippen LogP contribution in [0.1, 0.15) is 36.0 Å². The molecule has 0 N–H and O–H groups in total. The predicted octanol–water partition coefficient (Wildman–Crippen LogP) is 2.38. The quantitative estimate of drug-likeness (QED) is 0.456. The first-order valence-electron chi connectivity index (χ1n) is 6.85. The number of carbonyl (C=O) groups excluding carboxylic acids is 1. The molecule has 0 radical (unpaired) electrons. The monoisotopic (exact) mass is 311 g/mol. The molecule has 0 aromatic heterocycles. The molecule has 0 saturated heterocycles. The van der Waals surface area contributed by atoms with Crippen molar-refractivity contribution >= 4 is 21.3 Å². The summed E-state index contributed by atoms with van der Waals surface area (Å²) < 4.78 is 24.1. The molecular weight excluding hydrogens is 294 g/mol. The third-order valence-corrected chi connectivity index (χ3v) is 5.38. The normalized spacial score (nSPS) is 16.0. The Hall–Kier alpha value is -1.76. The number of hydrogen-bond donors (Lipinski definition) is 0. The number of ketones is 1. The lowest BCUT2D eigenvalue weighted by molar-refractivity contribution is -0.384. The highest BCUT2D eigenvalue weighted by atomic mass is 32.2. The van der Waals surface area contributed by atoms with E-state index in [1.165, 1.54) is 18.2 Å². The van der Waals surface area contributed by atoms with Crippen LogP contribution in [0.5, 0.6) is 0 Å². The Kier molecular flexibility index (Phi) is 4.72. The molecule has 0 bridgehead atoms. The van der Waals surface area contributed by atoms with Crippen LogP contribution < -0.4 is 0 Å². The summed E-state index contributed by atoms with van der Waals surface area (Å²) in [5, 5.41) is 10.7. The van der Waals surface area contributed by atoms with Crippen molar-refractivity contribution in [2.24, 2.45) is 5.92 Å². The number of rotatable bonds is 6. The minimum Gasteiger partial charge on any atom is -0.293 e. The summed E-state index contributed by atoms with van der Waals surface area (Å²) >= 11 is 0. The number of nitro benzene ring substituents is 1. The number of sulfone groups is 1. The highest BCUT2D eigenvalue weighted by molar-refractivity contribution is 7.92. The molecule has 114 valence electrons. The number of nitro groups is 1. The third kappa shape index (κ3) is 4.35. The fourth-order valence-electron chi connectivity index (χ4n) is 2.67. The highest BCUT2D eigenvalue weighted by Gasteiger charge is 2.25. The summed E-state index contributed by atoms with van der Waals surface area (Å²) in [6.07, 6.45) is 3.87. The first-order valence-corrected chi connectivity index (χ1v) is 8.67. The topological polar surface area (TPSA) is 94.3 Å². The van der Waals surface area contributed by atoms with Gasteiger partial charge in [-0.1, -0.05) is 25.0 Å². The van der Waals surface area contributed by atoms with Gasteiger partial charge in [-0.25, -0.2) is 8.42 Å². The summed E-state index contributed by atoms with van der Waals surface area (Å²) in [5.74, 6) is -0.983. The number of hydrogen-bond acceptors (Lipinski definition) is 5. The Bertz CT molecular complexity index is 647. The van der Waals surface area contributed by atoms with Crippen LogP contribution in [0.15, 0.2) is 24.3 Å². The van der Waals surface area contributed by atoms with Crippen LogP contribution in [0.25, 0.3) is 0 Å². The molecule has 0 spiro atoms. The molecule has 0 aliphatic heterocycles. The van der Waals surface area contributed by atoms with Crippen LogP contribution in [-0.4, -0.2) is 30.6 Å². The SMILES string of the molecule is O=C(CS(=O)(=O)CC1CCCC1)c1cccc([N+](=O)[O-])c1. The van der Waals surface area contributed by atoms with Gasteiger partial charge >= 0.3 is 0 Å². The maximum Gasteiger partial charge on any atom is 0.270 e. The van der Waals surface area contributed by atoms with Crippen molar-refractivity contribution in [2.75, 3.05) is 11.5 Å². The zero-order valence-electron chi connectivity index (χ0n) is 11.5. The zero-order valence-corrected chi connectivity index (χ0v) is 12.3. The van der Waals surface area contributed by atoms with Crippen LogP contribution in [-0.2, 0) is 9.84 Å². The average Bonchev–Trinajstić information content (AvgIpc) is 2.90. The van der Waals surface area contributed by atoms with Gasteiger partial charge in [-0.2, -0.15) is 0 Å². The second-order valence-corrected chi connectivity index (χ2v) is 7.54. The average molecular weight is 311 g/mol. The fourth-order valence-corrected chi connectivity index (χ4v) is 4.41. The third-order valence-electron chi connectivity index (χ3n) is 3.69. The van der Waals surface area contributed by atoms with Crippen molar-refractivity contribution in [1.29, 1.82) is 0 Å². The first kappa shape index (κ1) is 15.6. The standard InChI is InChI=1S/C14H17NO5S/c16-14(12-6-3-7-13(8-12)15(17)18)10-21(19,20)9-11-4-1-2-5-11/h3,6-8,11H,1-2,4-5,9-10H2. The molecule has 0 atom stereocenters. The summed E-state index contributed by atoms with van der Waals surface area (Å²) in [6.45, 7) is 0. The van der Waals surface area contributed by atoms with Crippen molar-refractivity contribution in [1.82, 2.24) is 0 Å². The smallest absolute Gasteiger partial charge is 0.270 e. The van der Waals surface area contributed by atoms with Crippen molar-refractivity contribution < 1.29 is 18.1 Å². The van der Waals surface area contributed by atoms with E-state index in [9.17, 15) is 23.3 Å². The molecule has 1 aromatic carbocycles. The van der Waals surface area contributed by atoms with Crippen LogP contribution >= 0.6 is 0 Å². The summed E-state index contributed by atoms with van der Waals surface area (Å²) in [4.78, 5) is 22.1. The van der Waals surface area contributed by atoms with E-state index >= 15 is 0 Å². The van der Waals surface area contributed by atoms with Crippen molar-refractivity contribution in [2.45, 2.75) is 25.7 Å². The van der Waals surface area contributed by atoms with Gasteiger partial charge in [0.15, 0.2) is 15.6 Å². The van der Waals surface area contributed by atoms with Crippen LogP contribution in [0.4, 0.5) is 5.69 Å². The molecule has 2 rings (SSSR count). The Morgan fingerprint density at radius 1 is 1.29 bits per heavy atom. The molecule has 7 heteroatoms. The van der Waals surface area contributed by atoms with Gasteiger partial charge in [0.25, 0.3) is 5.69 Å². The minimum absolute atomic E-state index is 0.0354. The largest absolute Gasteiger partial charge is 0.293 e. The summed E-state index contributed by atoms with van der Waals surface area (Å²) in [6, 6.07) is 5.17. The molecule has 0 amide bonds. The van der Waals surface area contributed by atoms with E-state index in [1.807, 2.05) is 0 Å². The van der Waals surface area contributed by atoms with Crippen LogP contribution in [0, 0.1) is 16.0 Å². The van der Waals surface area contributed by atoms with Gasteiger partial charge in [-0.3, -0.25) is 14.9 Å². The summed E-state index contributed by atoms with van der Waals surface area (Å²) in [5.41, 5.74) is -0.145. The number of carbonyl (C=O) groups is 1. The molecule has 1 aliphatic carbocycles. The van der Waals surface area contributed by atoms with Crippen molar-refractivity contribution in [3.63, 3.8) is 0 Å². The van der Waals surface area contributed by atoms with Crippen molar-refractivity contribution in [3.05, 3.63) is 39.9 Å². The van der Waals surface area contributed by atoms with Gasteiger partial charge in [-0.15, -0.1) is 0 Å². The number of non-ortho nitro benzene ring substituents is 1. The molecule has 1 fully saturated rings. The van der Waals surface area contributed by atoms with Crippen molar-refractivity contribution in [3.8, 4) is 0 Å². The maximum atomic E-state index is 12.0. The predicted molar refractivity (Wildman–Crippen MR) is 78.0 cm³/mol. The molecule has 0 heterocycles. The molecule has 1 saturated carbocycles. The number of Topliss-reactive ketones (excluding diaryl/α,β-unsaturated/α-hetero) is 1. The van der Waals surface area contributed by atoms with Crippen LogP contribution in [0.2, 0.25) is 0 Å². The van der Waals surface area contributed by atoms with Gasteiger partial charge in [-0.05, 0) is 18.8 Å². The number of benzene rings is 1. The Balaban J connectivity index is 2.06.